The third-order valence-corrected chi connectivity index (χ3v) is 4.56. The van der Waals surface area contributed by atoms with Crippen LogP contribution in [0.5, 0.6) is 5.75 Å². The fourth-order valence-electron chi connectivity index (χ4n) is 3.21. The number of hydrogen-bond donors (Lipinski definition) is 0. The molecular weight excluding hydrogens is 416 g/mol. The van der Waals surface area contributed by atoms with E-state index in [9.17, 15) is 17.6 Å². The molecule has 0 bridgehead atoms. The minimum Gasteiger partial charge on any atom is -0.406 e. The Labute approximate surface area is 171 Å². The van der Waals surface area contributed by atoms with Gasteiger partial charge in [0.15, 0.2) is 5.82 Å². The third kappa shape index (κ3) is 3.77. The molecule has 0 saturated carbocycles. The molecule has 5 rings (SSSR count). The summed E-state index contributed by atoms with van der Waals surface area (Å²) >= 11 is 0. The highest BCUT2D eigenvalue weighted by molar-refractivity contribution is 5.73. The first-order valence-electron chi connectivity index (χ1n) is 9.03. The van der Waals surface area contributed by atoms with Gasteiger partial charge in [0.25, 0.3) is 0 Å². The standard InChI is InChI=1S/C20H12F4N6O/c21-14-6-5-12(31-20(22,23)24)9-13(14)19-25-15-7-8-29(10-17(15)26-19)11-30-18-4-2-1-3-16(18)27-28-30/h1-10H,11H2. The van der Waals surface area contributed by atoms with E-state index in [1.54, 1.807) is 27.7 Å². The van der Waals surface area contributed by atoms with E-state index in [-0.39, 0.29) is 11.4 Å². The van der Waals surface area contributed by atoms with E-state index in [2.05, 4.69) is 25.0 Å². The minimum atomic E-state index is -4.89. The Hall–Kier alpha value is -4.02. The summed E-state index contributed by atoms with van der Waals surface area (Å²) in [6.07, 6.45) is -1.45. The van der Waals surface area contributed by atoms with Crippen LogP contribution in [0.1, 0.15) is 0 Å². The van der Waals surface area contributed by atoms with Crippen LogP contribution in [-0.4, -0.2) is 35.9 Å². The maximum absolute atomic E-state index is 14.3. The lowest BCUT2D eigenvalue weighted by atomic mass is 10.2. The predicted octanol–water partition coefficient (Wildman–Crippen LogP) is 4.34. The number of pyridine rings is 1. The van der Waals surface area contributed by atoms with Gasteiger partial charge in [-0.1, -0.05) is 17.3 Å². The van der Waals surface area contributed by atoms with Crippen molar-refractivity contribution in [2.75, 3.05) is 0 Å². The summed E-state index contributed by atoms with van der Waals surface area (Å²) in [6, 6.07) is 11.9. The van der Waals surface area contributed by atoms with Crippen LogP contribution in [0.4, 0.5) is 17.6 Å². The fraction of sp³-hybridized carbons (Fsp3) is 0.100. The van der Waals surface area contributed by atoms with Gasteiger partial charge >= 0.3 is 6.36 Å². The Balaban J connectivity index is 1.48. The topological polar surface area (TPSA) is 70.7 Å². The molecule has 0 amide bonds. The molecule has 3 heterocycles. The van der Waals surface area contributed by atoms with E-state index >= 15 is 0 Å². The summed E-state index contributed by atoms with van der Waals surface area (Å²) in [6.45, 7) is 0.349. The molecule has 0 radical (unpaired) electrons. The number of imidazole rings is 1. The molecule has 156 valence electrons. The number of hydrogen-bond acceptors (Lipinski definition) is 5. The average molecular weight is 428 g/mol. The Kier molecular flexibility index (Phi) is 4.31. The first-order chi connectivity index (χ1) is 14.9. The van der Waals surface area contributed by atoms with Crippen molar-refractivity contribution in [2.24, 2.45) is 0 Å². The largest absolute Gasteiger partial charge is 0.573 e. The molecule has 2 aromatic carbocycles. The predicted molar refractivity (Wildman–Crippen MR) is 102 cm³/mol. The molecule has 0 N–H and O–H groups in total. The van der Waals surface area contributed by atoms with Gasteiger partial charge in [-0.3, -0.25) is 0 Å². The quantitative estimate of drug-likeness (QED) is 0.399. The van der Waals surface area contributed by atoms with Gasteiger partial charge in [0.05, 0.1) is 16.8 Å². The average Bonchev–Trinajstić information content (AvgIpc) is 3.32. The summed E-state index contributed by atoms with van der Waals surface area (Å²) < 4.78 is 59.1. The van der Waals surface area contributed by atoms with E-state index in [1.807, 2.05) is 24.3 Å². The zero-order valence-corrected chi connectivity index (χ0v) is 15.6. The molecular formula is C20H12F4N6O. The van der Waals surface area contributed by atoms with Gasteiger partial charge in [0, 0.05) is 12.4 Å². The molecule has 0 aliphatic carbocycles. The number of para-hydroxylation sites is 1. The second kappa shape index (κ2) is 7.04. The van der Waals surface area contributed by atoms with Crippen LogP contribution in [-0.2, 0) is 6.67 Å². The van der Waals surface area contributed by atoms with Gasteiger partial charge < -0.3 is 9.30 Å². The van der Waals surface area contributed by atoms with E-state index in [1.165, 1.54) is 0 Å². The molecule has 7 nitrogen and oxygen atoms in total. The van der Waals surface area contributed by atoms with Gasteiger partial charge in [-0.2, -0.15) is 0 Å². The highest BCUT2D eigenvalue weighted by atomic mass is 19.4. The first-order valence-corrected chi connectivity index (χ1v) is 9.03. The molecule has 0 fully saturated rings. The Morgan fingerprint density at radius 2 is 1.77 bits per heavy atom. The van der Waals surface area contributed by atoms with Crippen LogP contribution in [0.15, 0.2) is 60.9 Å². The lowest BCUT2D eigenvalue weighted by Gasteiger charge is -2.09. The number of halogens is 4. The summed E-state index contributed by atoms with van der Waals surface area (Å²) in [5.74, 6) is -1.35. The lowest BCUT2D eigenvalue weighted by molar-refractivity contribution is -0.274. The van der Waals surface area contributed by atoms with Crippen molar-refractivity contribution in [3.05, 3.63) is 66.7 Å². The van der Waals surface area contributed by atoms with Crippen molar-refractivity contribution in [3.8, 4) is 28.5 Å². The van der Waals surface area contributed by atoms with Crippen LogP contribution in [0.3, 0.4) is 0 Å². The number of ether oxygens (including phenoxy) is 1. The third-order valence-electron chi connectivity index (χ3n) is 4.56. The maximum Gasteiger partial charge on any atom is 0.573 e. The lowest BCUT2D eigenvalue weighted by Crippen LogP contribution is -2.17. The maximum atomic E-state index is 14.3. The number of rotatable bonds is 4. The summed E-state index contributed by atoms with van der Waals surface area (Å²) in [5, 5.41) is 8.23. The second-order valence-electron chi connectivity index (χ2n) is 6.69. The molecule has 2 aliphatic heterocycles. The Bertz CT molecular complexity index is 1360. The molecule has 0 atom stereocenters. The van der Waals surface area contributed by atoms with E-state index in [4.69, 9.17) is 0 Å². The van der Waals surface area contributed by atoms with Crippen LogP contribution >= 0.6 is 0 Å². The molecule has 3 aromatic rings. The van der Waals surface area contributed by atoms with Gasteiger partial charge in [-0.15, -0.1) is 18.3 Å². The van der Waals surface area contributed by atoms with Gasteiger partial charge in [-0.05, 0) is 36.4 Å². The first kappa shape index (κ1) is 19.0. The Morgan fingerprint density at radius 3 is 2.61 bits per heavy atom. The van der Waals surface area contributed by atoms with Crippen molar-refractivity contribution in [1.29, 1.82) is 0 Å². The number of nitrogens with zero attached hydrogens (tertiary/aromatic N) is 6. The zero-order valence-electron chi connectivity index (χ0n) is 15.6. The van der Waals surface area contributed by atoms with Crippen LogP contribution < -0.4 is 4.74 Å². The van der Waals surface area contributed by atoms with E-state index < -0.39 is 17.9 Å². The number of benzene rings is 2. The molecule has 11 heteroatoms. The summed E-state index contributed by atoms with van der Waals surface area (Å²) in [7, 11) is 0. The van der Waals surface area contributed by atoms with E-state index in [0.29, 0.717) is 18.1 Å². The molecule has 0 spiro atoms. The Morgan fingerprint density at radius 1 is 0.968 bits per heavy atom. The van der Waals surface area contributed by atoms with E-state index in [0.717, 1.165) is 29.2 Å². The summed E-state index contributed by atoms with van der Waals surface area (Å²) in [5.41, 5.74) is 2.34. The van der Waals surface area contributed by atoms with Gasteiger partial charge in [0.1, 0.15) is 29.4 Å². The molecule has 2 aliphatic rings. The molecule has 0 unspecified atom stereocenters. The molecule has 0 saturated heterocycles. The van der Waals surface area contributed by atoms with Crippen molar-refractivity contribution >= 4 is 11.0 Å². The molecule has 1 aromatic heterocycles. The number of alkyl halides is 3. The fourth-order valence-corrected chi connectivity index (χ4v) is 3.21. The highest BCUT2D eigenvalue weighted by Crippen LogP contribution is 2.31. The SMILES string of the molecule is Fc1ccc(OC(F)(F)F)cc1-c1nc2ccn(Cn3nnc4ccccc43)cc-2n1. The van der Waals surface area contributed by atoms with Gasteiger partial charge in [0.2, 0.25) is 0 Å². The van der Waals surface area contributed by atoms with Crippen LogP contribution in [0, 0.1) is 5.82 Å². The van der Waals surface area contributed by atoms with Crippen molar-refractivity contribution < 1.29 is 22.3 Å². The van der Waals surface area contributed by atoms with Crippen molar-refractivity contribution in [3.63, 3.8) is 0 Å². The normalized spacial score (nSPS) is 12.0. The van der Waals surface area contributed by atoms with Gasteiger partial charge in [-0.25, -0.2) is 19.0 Å². The van der Waals surface area contributed by atoms with Crippen LogP contribution in [0.25, 0.3) is 33.8 Å². The number of fused-ring (bicyclic) bond motifs is 2. The van der Waals surface area contributed by atoms with Crippen molar-refractivity contribution in [1.82, 2.24) is 29.5 Å². The molecule has 31 heavy (non-hydrogen) atoms. The zero-order chi connectivity index (χ0) is 21.6. The smallest absolute Gasteiger partial charge is 0.406 e. The second-order valence-corrected chi connectivity index (χ2v) is 6.69. The monoisotopic (exact) mass is 428 g/mol. The number of aromatic nitrogens is 6. The van der Waals surface area contributed by atoms with Crippen LogP contribution in [0.2, 0.25) is 0 Å². The summed E-state index contributed by atoms with van der Waals surface area (Å²) in [4.78, 5) is 8.51. The highest BCUT2D eigenvalue weighted by Gasteiger charge is 2.31. The van der Waals surface area contributed by atoms with Crippen molar-refractivity contribution in [2.45, 2.75) is 13.0 Å². The minimum absolute atomic E-state index is 0.0379.